The molecule has 0 atom stereocenters. The van der Waals surface area contributed by atoms with E-state index < -0.39 is 0 Å². The fourth-order valence-electron chi connectivity index (χ4n) is 2.63. The normalized spacial score (nSPS) is 10.3. The molecule has 0 aliphatic carbocycles. The zero-order valence-electron chi connectivity index (χ0n) is 15.4. The lowest BCUT2D eigenvalue weighted by molar-refractivity contribution is 0.0950. The smallest absolute Gasteiger partial charge is 0.251 e. The van der Waals surface area contributed by atoms with Gasteiger partial charge in [-0.3, -0.25) is 9.78 Å². The van der Waals surface area contributed by atoms with E-state index in [4.69, 9.17) is 4.74 Å². The van der Waals surface area contributed by atoms with E-state index in [9.17, 15) is 4.79 Å². The van der Waals surface area contributed by atoms with E-state index in [1.807, 2.05) is 55.4 Å². The average molecular weight is 362 g/mol. The average Bonchev–Trinajstić information content (AvgIpc) is 2.71. The van der Waals surface area contributed by atoms with Gasteiger partial charge in [0, 0.05) is 55.9 Å². The molecular weight excluding hydrogens is 340 g/mol. The van der Waals surface area contributed by atoms with Gasteiger partial charge in [0.15, 0.2) is 0 Å². The molecule has 138 valence electrons. The van der Waals surface area contributed by atoms with E-state index in [0.717, 1.165) is 16.9 Å². The maximum atomic E-state index is 12.5. The molecule has 1 N–H and O–H groups in total. The molecule has 27 heavy (non-hydrogen) atoms. The van der Waals surface area contributed by atoms with Crippen LogP contribution in [0.25, 0.3) is 0 Å². The van der Waals surface area contributed by atoms with Crippen LogP contribution in [0.5, 0.6) is 5.75 Å². The van der Waals surface area contributed by atoms with Gasteiger partial charge in [0.25, 0.3) is 5.91 Å². The van der Waals surface area contributed by atoms with E-state index in [1.54, 1.807) is 30.7 Å². The highest BCUT2D eigenvalue weighted by Crippen LogP contribution is 2.17. The molecule has 0 bridgehead atoms. The van der Waals surface area contributed by atoms with Crippen LogP contribution in [0, 0.1) is 0 Å². The van der Waals surface area contributed by atoms with Crippen molar-refractivity contribution in [1.82, 2.24) is 15.3 Å². The van der Waals surface area contributed by atoms with Crippen molar-refractivity contribution in [3.8, 4) is 5.75 Å². The monoisotopic (exact) mass is 362 g/mol. The Labute approximate surface area is 158 Å². The first-order chi connectivity index (χ1) is 13.1. The number of amides is 1. The summed E-state index contributed by atoms with van der Waals surface area (Å²) < 4.78 is 5.76. The number of nitrogens with zero attached hydrogens (tertiary/aromatic N) is 3. The molecular formula is C21H22N4O2. The van der Waals surface area contributed by atoms with Gasteiger partial charge in [-0.1, -0.05) is 18.2 Å². The summed E-state index contributed by atoms with van der Waals surface area (Å²) in [5.41, 5.74) is 2.48. The SMILES string of the molecule is CN(C)c1ncccc1CNC(=O)c1cccc(OCc2cccnc2)c1. The summed E-state index contributed by atoms with van der Waals surface area (Å²) >= 11 is 0. The topological polar surface area (TPSA) is 67.4 Å². The van der Waals surface area contributed by atoms with Crippen molar-refractivity contribution in [2.75, 3.05) is 19.0 Å². The molecule has 2 aromatic heterocycles. The Bertz CT molecular complexity index is 897. The predicted molar refractivity (Wildman–Crippen MR) is 105 cm³/mol. The third kappa shape index (κ3) is 5.04. The summed E-state index contributed by atoms with van der Waals surface area (Å²) in [6, 6.07) is 14.8. The van der Waals surface area contributed by atoms with Gasteiger partial charge >= 0.3 is 0 Å². The van der Waals surface area contributed by atoms with E-state index in [-0.39, 0.29) is 5.91 Å². The molecule has 6 heteroatoms. The number of hydrogen-bond donors (Lipinski definition) is 1. The molecule has 1 aromatic carbocycles. The van der Waals surface area contributed by atoms with Crippen LogP contribution in [0.1, 0.15) is 21.5 Å². The van der Waals surface area contributed by atoms with Crippen molar-refractivity contribution in [3.63, 3.8) is 0 Å². The molecule has 3 aromatic rings. The summed E-state index contributed by atoms with van der Waals surface area (Å²) in [4.78, 5) is 22.8. The summed E-state index contributed by atoms with van der Waals surface area (Å²) in [6.45, 7) is 0.807. The maximum absolute atomic E-state index is 12.5. The van der Waals surface area contributed by atoms with E-state index in [0.29, 0.717) is 24.5 Å². The summed E-state index contributed by atoms with van der Waals surface area (Å²) in [7, 11) is 3.85. The fourth-order valence-corrected chi connectivity index (χ4v) is 2.63. The van der Waals surface area contributed by atoms with E-state index in [2.05, 4.69) is 15.3 Å². The molecule has 6 nitrogen and oxygen atoms in total. The van der Waals surface area contributed by atoms with Crippen molar-refractivity contribution in [1.29, 1.82) is 0 Å². The third-order valence-electron chi connectivity index (χ3n) is 3.96. The maximum Gasteiger partial charge on any atom is 0.251 e. The Balaban J connectivity index is 1.62. The minimum Gasteiger partial charge on any atom is -0.489 e. The number of benzene rings is 1. The van der Waals surface area contributed by atoms with Gasteiger partial charge in [0.2, 0.25) is 0 Å². The van der Waals surface area contributed by atoms with Crippen LogP contribution in [0.4, 0.5) is 5.82 Å². The van der Waals surface area contributed by atoms with Crippen molar-refractivity contribution < 1.29 is 9.53 Å². The first-order valence-corrected chi connectivity index (χ1v) is 8.64. The van der Waals surface area contributed by atoms with Crippen LogP contribution in [0.2, 0.25) is 0 Å². The van der Waals surface area contributed by atoms with Crippen LogP contribution in [0.15, 0.2) is 67.1 Å². The summed E-state index contributed by atoms with van der Waals surface area (Å²) in [5.74, 6) is 1.32. The van der Waals surface area contributed by atoms with Gasteiger partial charge in [-0.15, -0.1) is 0 Å². The van der Waals surface area contributed by atoms with Crippen LogP contribution in [0.3, 0.4) is 0 Å². The lowest BCUT2D eigenvalue weighted by atomic mass is 10.2. The number of hydrogen-bond acceptors (Lipinski definition) is 5. The van der Waals surface area contributed by atoms with Gasteiger partial charge in [0.1, 0.15) is 18.2 Å². The molecule has 0 aliphatic heterocycles. The molecule has 2 heterocycles. The molecule has 0 saturated carbocycles. The van der Waals surface area contributed by atoms with Gasteiger partial charge < -0.3 is 15.0 Å². The van der Waals surface area contributed by atoms with E-state index >= 15 is 0 Å². The summed E-state index contributed by atoms with van der Waals surface area (Å²) in [6.07, 6.45) is 5.22. The van der Waals surface area contributed by atoms with Gasteiger partial charge in [-0.2, -0.15) is 0 Å². The van der Waals surface area contributed by atoms with Crippen LogP contribution in [-0.2, 0) is 13.2 Å². The lowest BCUT2D eigenvalue weighted by Crippen LogP contribution is -2.24. The minimum absolute atomic E-state index is 0.157. The van der Waals surface area contributed by atoms with Gasteiger partial charge in [-0.25, -0.2) is 4.98 Å². The second-order valence-corrected chi connectivity index (χ2v) is 6.24. The van der Waals surface area contributed by atoms with Crippen molar-refractivity contribution >= 4 is 11.7 Å². The fraction of sp³-hybridized carbons (Fsp3) is 0.190. The molecule has 1 amide bonds. The number of pyridine rings is 2. The standard InChI is InChI=1S/C21H22N4O2/c1-25(2)20-18(8-5-11-23-20)14-24-21(26)17-7-3-9-19(12-17)27-15-16-6-4-10-22-13-16/h3-13H,14-15H2,1-2H3,(H,24,26). The molecule has 0 saturated heterocycles. The number of carbonyl (C=O) groups excluding carboxylic acids is 1. The van der Waals surface area contributed by atoms with Crippen molar-refractivity contribution in [2.45, 2.75) is 13.2 Å². The number of anilines is 1. The molecule has 0 radical (unpaired) electrons. The van der Waals surface area contributed by atoms with Crippen molar-refractivity contribution in [2.24, 2.45) is 0 Å². The largest absolute Gasteiger partial charge is 0.489 e. The highest BCUT2D eigenvalue weighted by Gasteiger charge is 2.10. The molecule has 3 rings (SSSR count). The number of ether oxygens (including phenoxy) is 1. The van der Waals surface area contributed by atoms with E-state index in [1.165, 1.54) is 0 Å². The second kappa shape index (κ2) is 8.80. The molecule has 0 fully saturated rings. The van der Waals surface area contributed by atoms with Gasteiger partial charge in [-0.05, 0) is 30.3 Å². The number of rotatable bonds is 7. The molecule has 0 unspecified atom stereocenters. The lowest BCUT2D eigenvalue weighted by Gasteiger charge is -2.16. The molecule has 0 spiro atoms. The van der Waals surface area contributed by atoms with Crippen molar-refractivity contribution in [3.05, 3.63) is 83.8 Å². The zero-order valence-corrected chi connectivity index (χ0v) is 15.4. The van der Waals surface area contributed by atoms with Crippen LogP contribution in [-0.4, -0.2) is 30.0 Å². The van der Waals surface area contributed by atoms with Crippen LogP contribution >= 0.6 is 0 Å². The summed E-state index contributed by atoms with van der Waals surface area (Å²) in [5, 5.41) is 2.94. The first-order valence-electron chi connectivity index (χ1n) is 8.64. The number of carbonyl (C=O) groups is 1. The highest BCUT2D eigenvalue weighted by molar-refractivity contribution is 5.94. The number of nitrogens with one attached hydrogen (secondary N) is 1. The van der Waals surface area contributed by atoms with Crippen LogP contribution < -0.4 is 15.0 Å². The Kier molecular flexibility index (Phi) is 5.99. The number of aromatic nitrogens is 2. The Morgan fingerprint density at radius 2 is 1.96 bits per heavy atom. The first kappa shape index (κ1) is 18.4. The highest BCUT2D eigenvalue weighted by atomic mass is 16.5. The third-order valence-corrected chi connectivity index (χ3v) is 3.96. The minimum atomic E-state index is -0.157. The van der Waals surface area contributed by atoms with Gasteiger partial charge in [0.05, 0.1) is 0 Å². The molecule has 0 aliphatic rings. The Hall–Kier alpha value is -3.41. The quantitative estimate of drug-likeness (QED) is 0.700. The Morgan fingerprint density at radius 1 is 1.11 bits per heavy atom. The second-order valence-electron chi connectivity index (χ2n) is 6.24. The predicted octanol–water partition coefficient (Wildman–Crippen LogP) is 3.05. The Morgan fingerprint density at radius 3 is 2.74 bits per heavy atom. The zero-order chi connectivity index (χ0) is 19.1.